The fourth-order valence-corrected chi connectivity index (χ4v) is 3.21. The molecule has 1 atom stereocenters. The van der Waals surface area contributed by atoms with E-state index in [4.69, 9.17) is 16.3 Å². The molecule has 20 heavy (non-hydrogen) atoms. The molecule has 0 heterocycles. The molecule has 0 aliphatic heterocycles. The van der Waals surface area contributed by atoms with Gasteiger partial charge in [0.15, 0.2) is 5.78 Å². The van der Waals surface area contributed by atoms with E-state index >= 15 is 0 Å². The number of methoxy groups -OCH3 is 1. The number of likely N-dealkylation sites (N-methyl/N-ethyl adjacent to an activating group) is 1. The largest absolute Gasteiger partial charge is 0.453 e. The Balaban J connectivity index is 2.58. The minimum atomic E-state index is -1.01. The lowest BCUT2D eigenvalue weighted by atomic mass is 9.74. The van der Waals surface area contributed by atoms with Crippen LogP contribution < -0.4 is 0 Å². The molecule has 0 radical (unpaired) electrons. The summed E-state index contributed by atoms with van der Waals surface area (Å²) in [6, 6.07) is 7.19. The van der Waals surface area contributed by atoms with Crippen molar-refractivity contribution in [1.29, 1.82) is 0 Å². The van der Waals surface area contributed by atoms with Crippen molar-refractivity contribution < 1.29 is 14.3 Å². The number of amides is 1. The summed E-state index contributed by atoms with van der Waals surface area (Å²) in [7, 11) is 2.91. The Labute approximate surface area is 123 Å². The monoisotopic (exact) mass is 295 g/mol. The molecule has 0 bridgehead atoms. The van der Waals surface area contributed by atoms with Gasteiger partial charge in [0, 0.05) is 24.1 Å². The summed E-state index contributed by atoms with van der Waals surface area (Å²) < 4.78 is 4.79. The molecule has 0 aromatic heterocycles. The van der Waals surface area contributed by atoms with Gasteiger partial charge in [-0.05, 0) is 25.3 Å². The van der Waals surface area contributed by atoms with Crippen LogP contribution in [0, 0.1) is 0 Å². The van der Waals surface area contributed by atoms with E-state index in [-0.39, 0.29) is 5.78 Å². The highest BCUT2D eigenvalue weighted by atomic mass is 35.5. The number of benzene rings is 1. The Bertz CT molecular complexity index is 532. The predicted octanol–water partition coefficient (Wildman–Crippen LogP) is 3.38. The van der Waals surface area contributed by atoms with Gasteiger partial charge in [-0.25, -0.2) is 4.79 Å². The average molecular weight is 296 g/mol. The lowest BCUT2D eigenvalue weighted by Crippen LogP contribution is -2.54. The number of carbonyl (C=O) groups is 2. The molecule has 0 spiro atoms. The maximum absolute atomic E-state index is 12.6. The maximum atomic E-state index is 12.6. The van der Waals surface area contributed by atoms with E-state index in [9.17, 15) is 9.59 Å². The Hall–Kier alpha value is -1.55. The van der Waals surface area contributed by atoms with Gasteiger partial charge in [0.1, 0.15) is 5.54 Å². The van der Waals surface area contributed by atoms with E-state index in [1.807, 2.05) is 18.2 Å². The van der Waals surface area contributed by atoms with Crippen molar-refractivity contribution in [2.24, 2.45) is 0 Å². The second kappa shape index (κ2) is 5.83. The summed E-state index contributed by atoms with van der Waals surface area (Å²) in [6.45, 7) is 0. The van der Waals surface area contributed by atoms with E-state index in [2.05, 4.69) is 0 Å². The zero-order valence-corrected chi connectivity index (χ0v) is 12.4. The molecule has 0 saturated heterocycles. The smallest absolute Gasteiger partial charge is 0.410 e. The average Bonchev–Trinajstić information content (AvgIpc) is 2.47. The lowest BCUT2D eigenvalue weighted by molar-refractivity contribution is -0.133. The molecule has 4 nitrogen and oxygen atoms in total. The standard InChI is InChI=1S/C15H18ClNO3/c1-17(14(19)20-2)15(10-6-5-9-13(15)18)11-7-3-4-8-12(11)16/h3-4,7-8H,5-6,9-10H2,1-2H3/t15-/m1/s1. The molecule has 1 saturated carbocycles. The van der Waals surface area contributed by atoms with E-state index in [0.717, 1.165) is 12.8 Å². The maximum Gasteiger partial charge on any atom is 0.410 e. The fraction of sp³-hybridized carbons (Fsp3) is 0.467. The van der Waals surface area contributed by atoms with Crippen LogP contribution in [0.1, 0.15) is 31.2 Å². The molecule has 0 unspecified atom stereocenters. The second-order valence-electron chi connectivity index (χ2n) is 5.00. The van der Waals surface area contributed by atoms with Crippen LogP contribution in [0.2, 0.25) is 5.02 Å². The number of ether oxygens (including phenoxy) is 1. The highest BCUT2D eigenvalue weighted by molar-refractivity contribution is 6.31. The molecular formula is C15H18ClNO3. The van der Waals surface area contributed by atoms with Crippen LogP contribution in [0.3, 0.4) is 0 Å². The van der Waals surface area contributed by atoms with Crippen molar-refractivity contribution in [3.8, 4) is 0 Å². The van der Waals surface area contributed by atoms with Crippen LogP contribution in [-0.2, 0) is 15.1 Å². The summed E-state index contributed by atoms with van der Waals surface area (Å²) in [4.78, 5) is 26.0. The predicted molar refractivity (Wildman–Crippen MR) is 76.8 cm³/mol. The first-order valence-electron chi connectivity index (χ1n) is 6.64. The van der Waals surface area contributed by atoms with Crippen molar-refractivity contribution in [2.75, 3.05) is 14.2 Å². The van der Waals surface area contributed by atoms with E-state index in [0.29, 0.717) is 23.4 Å². The fourth-order valence-electron chi connectivity index (χ4n) is 2.92. The van der Waals surface area contributed by atoms with Gasteiger partial charge in [-0.15, -0.1) is 0 Å². The van der Waals surface area contributed by atoms with Gasteiger partial charge in [0.05, 0.1) is 7.11 Å². The summed E-state index contributed by atoms with van der Waals surface area (Å²) in [5, 5.41) is 0.499. The van der Waals surface area contributed by atoms with Crippen LogP contribution in [0.4, 0.5) is 4.79 Å². The SMILES string of the molecule is COC(=O)N(C)[C@@]1(c2ccccc2Cl)CCCCC1=O. The molecule has 1 aromatic carbocycles. The van der Waals surface area contributed by atoms with E-state index in [1.165, 1.54) is 12.0 Å². The highest BCUT2D eigenvalue weighted by Crippen LogP contribution is 2.42. The third-order valence-electron chi connectivity index (χ3n) is 3.99. The van der Waals surface area contributed by atoms with Gasteiger partial charge >= 0.3 is 6.09 Å². The van der Waals surface area contributed by atoms with Gasteiger partial charge in [0.2, 0.25) is 0 Å². The minimum absolute atomic E-state index is 0.0183. The first-order chi connectivity index (χ1) is 9.54. The minimum Gasteiger partial charge on any atom is -0.453 e. The normalized spacial score (nSPS) is 22.4. The molecular weight excluding hydrogens is 278 g/mol. The third kappa shape index (κ3) is 2.29. The second-order valence-corrected chi connectivity index (χ2v) is 5.41. The molecule has 1 aliphatic rings. The Morgan fingerprint density at radius 2 is 2.05 bits per heavy atom. The summed E-state index contributed by atoms with van der Waals surface area (Å²) in [6.07, 6.45) is 2.21. The topological polar surface area (TPSA) is 46.6 Å². The Kier molecular flexibility index (Phi) is 4.33. The van der Waals surface area contributed by atoms with Gasteiger partial charge < -0.3 is 4.74 Å². The number of rotatable bonds is 2. The van der Waals surface area contributed by atoms with Gasteiger partial charge in [-0.3, -0.25) is 9.69 Å². The third-order valence-corrected chi connectivity index (χ3v) is 4.32. The van der Waals surface area contributed by atoms with Crippen molar-refractivity contribution in [1.82, 2.24) is 4.90 Å². The van der Waals surface area contributed by atoms with Crippen LogP contribution >= 0.6 is 11.6 Å². The Morgan fingerprint density at radius 3 is 2.65 bits per heavy atom. The molecule has 1 amide bonds. The number of nitrogens with zero attached hydrogens (tertiary/aromatic N) is 1. The molecule has 1 aliphatic carbocycles. The zero-order chi connectivity index (χ0) is 14.8. The van der Waals surface area contributed by atoms with Crippen molar-refractivity contribution in [3.05, 3.63) is 34.9 Å². The molecule has 0 N–H and O–H groups in total. The quantitative estimate of drug-likeness (QED) is 0.840. The number of halogens is 1. The van der Waals surface area contributed by atoms with E-state index in [1.54, 1.807) is 13.1 Å². The number of carbonyl (C=O) groups excluding carboxylic acids is 2. The van der Waals surface area contributed by atoms with E-state index < -0.39 is 11.6 Å². The highest BCUT2D eigenvalue weighted by Gasteiger charge is 2.48. The first kappa shape index (κ1) is 14.9. The number of ketones is 1. The summed E-state index contributed by atoms with van der Waals surface area (Å²) in [5.41, 5.74) is -0.330. The van der Waals surface area contributed by atoms with Crippen LogP contribution in [0.5, 0.6) is 0 Å². The van der Waals surface area contributed by atoms with Crippen LogP contribution in [0.15, 0.2) is 24.3 Å². The van der Waals surface area contributed by atoms with Crippen LogP contribution in [-0.4, -0.2) is 30.9 Å². The van der Waals surface area contributed by atoms with Crippen molar-refractivity contribution in [3.63, 3.8) is 0 Å². The number of Topliss-reactive ketones (excluding diaryl/α,β-unsaturated/α-hetero) is 1. The van der Waals surface area contributed by atoms with Gasteiger partial charge in [0.25, 0.3) is 0 Å². The lowest BCUT2D eigenvalue weighted by Gasteiger charge is -2.43. The van der Waals surface area contributed by atoms with Crippen molar-refractivity contribution >= 4 is 23.5 Å². The number of hydrogen-bond donors (Lipinski definition) is 0. The molecule has 108 valence electrons. The Morgan fingerprint density at radius 1 is 1.35 bits per heavy atom. The zero-order valence-electron chi connectivity index (χ0n) is 11.7. The van der Waals surface area contributed by atoms with Gasteiger partial charge in [-0.1, -0.05) is 29.8 Å². The summed E-state index contributed by atoms with van der Waals surface area (Å²) in [5.74, 6) is 0.0183. The number of hydrogen-bond acceptors (Lipinski definition) is 3. The first-order valence-corrected chi connectivity index (χ1v) is 7.02. The molecule has 2 rings (SSSR count). The van der Waals surface area contributed by atoms with Crippen LogP contribution in [0.25, 0.3) is 0 Å². The molecule has 5 heteroatoms. The molecule has 1 fully saturated rings. The van der Waals surface area contributed by atoms with Crippen molar-refractivity contribution in [2.45, 2.75) is 31.2 Å². The molecule has 1 aromatic rings. The van der Waals surface area contributed by atoms with Gasteiger partial charge in [-0.2, -0.15) is 0 Å². The summed E-state index contributed by atoms with van der Waals surface area (Å²) >= 11 is 6.27.